The van der Waals surface area contributed by atoms with Crippen molar-refractivity contribution in [3.63, 3.8) is 0 Å². The Morgan fingerprint density at radius 1 is 1.25 bits per heavy atom. The molecule has 2 aromatic rings. The molecule has 0 aliphatic rings. The largest absolute Gasteiger partial charge is 0.350 e. The van der Waals surface area contributed by atoms with Crippen LogP contribution in [0.4, 0.5) is 9.39 Å². The smallest absolute Gasteiger partial charge is 0.261 e. The molecule has 0 bridgehead atoms. The van der Waals surface area contributed by atoms with Gasteiger partial charge in [0, 0.05) is 18.2 Å². The fourth-order valence-electron chi connectivity index (χ4n) is 2.01. The number of aryl methyl sites for hydroxylation is 1. The van der Waals surface area contributed by atoms with E-state index in [9.17, 15) is 14.0 Å². The molecule has 1 atom stereocenters. The van der Waals surface area contributed by atoms with Crippen LogP contribution in [0.25, 0.3) is 0 Å². The second kappa shape index (κ2) is 8.03. The number of thiophene rings is 1. The van der Waals surface area contributed by atoms with Gasteiger partial charge in [-0.05, 0) is 50.7 Å². The molecule has 1 heterocycles. The van der Waals surface area contributed by atoms with Crippen molar-refractivity contribution in [2.45, 2.75) is 19.9 Å². The van der Waals surface area contributed by atoms with Crippen molar-refractivity contribution >= 4 is 28.2 Å². The van der Waals surface area contributed by atoms with E-state index in [1.807, 2.05) is 20.9 Å². The first-order valence-electron chi connectivity index (χ1n) is 7.53. The SMILES string of the molecule is CNC(C)CNC(=O)c1sc(NC(=O)c2cccc(F)c2)cc1C. The summed E-state index contributed by atoms with van der Waals surface area (Å²) in [5, 5.41) is 9.13. The number of carbonyl (C=O) groups is 2. The van der Waals surface area contributed by atoms with Gasteiger partial charge in [0.1, 0.15) is 5.82 Å². The lowest BCUT2D eigenvalue weighted by molar-refractivity contribution is 0.0953. The van der Waals surface area contributed by atoms with Crippen molar-refractivity contribution in [2.75, 3.05) is 18.9 Å². The Labute approximate surface area is 144 Å². The Morgan fingerprint density at radius 2 is 2.00 bits per heavy atom. The highest BCUT2D eigenvalue weighted by Crippen LogP contribution is 2.27. The first-order chi connectivity index (χ1) is 11.4. The molecule has 7 heteroatoms. The zero-order valence-corrected chi connectivity index (χ0v) is 14.6. The maximum atomic E-state index is 13.2. The monoisotopic (exact) mass is 349 g/mol. The van der Waals surface area contributed by atoms with E-state index in [1.165, 1.54) is 35.6 Å². The third-order valence-corrected chi connectivity index (χ3v) is 4.66. The van der Waals surface area contributed by atoms with Gasteiger partial charge in [-0.2, -0.15) is 0 Å². The van der Waals surface area contributed by atoms with Gasteiger partial charge in [-0.15, -0.1) is 11.3 Å². The highest BCUT2D eigenvalue weighted by Gasteiger charge is 2.16. The maximum absolute atomic E-state index is 13.2. The number of nitrogens with one attached hydrogen (secondary N) is 3. The molecular formula is C17H20FN3O2S. The fraction of sp³-hybridized carbons (Fsp3) is 0.294. The van der Waals surface area contributed by atoms with E-state index in [4.69, 9.17) is 0 Å². The highest BCUT2D eigenvalue weighted by atomic mass is 32.1. The van der Waals surface area contributed by atoms with Crippen molar-refractivity contribution in [2.24, 2.45) is 0 Å². The summed E-state index contributed by atoms with van der Waals surface area (Å²) in [7, 11) is 1.83. The van der Waals surface area contributed by atoms with Crippen molar-refractivity contribution < 1.29 is 14.0 Å². The zero-order chi connectivity index (χ0) is 17.7. The summed E-state index contributed by atoms with van der Waals surface area (Å²) < 4.78 is 13.2. The predicted octanol–water partition coefficient (Wildman–Crippen LogP) is 2.79. The van der Waals surface area contributed by atoms with Crippen LogP contribution in [0.1, 0.15) is 32.5 Å². The van der Waals surface area contributed by atoms with Gasteiger partial charge in [0.15, 0.2) is 0 Å². The first-order valence-corrected chi connectivity index (χ1v) is 8.35. The van der Waals surface area contributed by atoms with Crippen LogP contribution >= 0.6 is 11.3 Å². The van der Waals surface area contributed by atoms with Gasteiger partial charge in [0.2, 0.25) is 0 Å². The minimum Gasteiger partial charge on any atom is -0.350 e. The average Bonchev–Trinajstić information content (AvgIpc) is 2.92. The zero-order valence-electron chi connectivity index (χ0n) is 13.8. The molecule has 0 spiro atoms. The summed E-state index contributed by atoms with van der Waals surface area (Å²) in [5.74, 6) is -1.05. The minimum atomic E-state index is -0.469. The third kappa shape index (κ3) is 4.62. The summed E-state index contributed by atoms with van der Waals surface area (Å²) in [5.41, 5.74) is 1.01. The number of hydrogen-bond acceptors (Lipinski definition) is 4. The molecule has 1 aromatic carbocycles. The average molecular weight is 349 g/mol. The van der Waals surface area contributed by atoms with Crippen molar-refractivity contribution in [1.82, 2.24) is 10.6 Å². The summed E-state index contributed by atoms with van der Waals surface area (Å²) >= 11 is 1.20. The van der Waals surface area contributed by atoms with Crippen LogP contribution < -0.4 is 16.0 Å². The summed E-state index contributed by atoms with van der Waals surface area (Å²) in [6.07, 6.45) is 0. The van der Waals surface area contributed by atoms with E-state index >= 15 is 0 Å². The number of likely N-dealkylation sites (N-methyl/N-ethyl adjacent to an activating group) is 1. The maximum Gasteiger partial charge on any atom is 0.261 e. The number of hydrogen-bond donors (Lipinski definition) is 3. The van der Waals surface area contributed by atoms with E-state index in [1.54, 1.807) is 6.07 Å². The van der Waals surface area contributed by atoms with Gasteiger partial charge < -0.3 is 16.0 Å². The molecule has 0 radical (unpaired) electrons. The van der Waals surface area contributed by atoms with Crippen LogP contribution in [0.3, 0.4) is 0 Å². The third-order valence-electron chi connectivity index (χ3n) is 3.51. The molecule has 0 fully saturated rings. The lowest BCUT2D eigenvalue weighted by Crippen LogP contribution is -2.37. The molecule has 2 rings (SSSR count). The van der Waals surface area contributed by atoms with E-state index in [2.05, 4.69) is 16.0 Å². The van der Waals surface area contributed by atoms with Crippen molar-refractivity contribution in [3.05, 3.63) is 52.2 Å². The van der Waals surface area contributed by atoms with Crippen LogP contribution in [-0.2, 0) is 0 Å². The van der Waals surface area contributed by atoms with Gasteiger partial charge in [-0.3, -0.25) is 9.59 Å². The van der Waals surface area contributed by atoms with Crippen LogP contribution in [-0.4, -0.2) is 31.4 Å². The number of carbonyl (C=O) groups excluding carboxylic acids is 2. The second-order valence-corrected chi connectivity index (χ2v) is 6.54. The number of amides is 2. The van der Waals surface area contributed by atoms with Crippen LogP contribution in [0.15, 0.2) is 30.3 Å². The molecule has 24 heavy (non-hydrogen) atoms. The number of halogens is 1. The van der Waals surface area contributed by atoms with E-state index < -0.39 is 11.7 Å². The standard InChI is InChI=1S/C17H20FN3O2S/c1-10-7-14(21-16(22)12-5-4-6-13(18)8-12)24-15(10)17(23)20-9-11(2)19-3/h4-8,11,19H,9H2,1-3H3,(H,20,23)(H,21,22). The molecular weight excluding hydrogens is 329 g/mol. The Bertz CT molecular complexity index is 745. The highest BCUT2D eigenvalue weighted by molar-refractivity contribution is 7.18. The van der Waals surface area contributed by atoms with E-state index in [-0.39, 0.29) is 17.5 Å². The second-order valence-electron chi connectivity index (χ2n) is 5.49. The molecule has 1 unspecified atom stereocenters. The summed E-state index contributed by atoms with van der Waals surface area (Å²) in [4.78, 5) is 24.9. The Kier molecular flexibility index (Phi) is 6.05. The molecule has 2 amide bonds. The van der Waals surface area contributed by atoms with Crippen molar-refractivity contribution in [3.8, 4) is 0 Å². The number of benzene rings is 1. The van der Waals surface area contributed by atoms with Crippen LogP contribution in [0, 0.1) is 12.7 Å². The van der Waals surface area contributed by atoms with Crippen molar-refractivity contribution in [1.29, 1.82) is 0 Å². The molecule has 0 aliphatic heterocycles. The van der Waals surface area contributed by atoms with E-state index in [0.29, 0.717) is 16.4 Å². The molecule has 0 saturated carbocycles. The van der Waals surface area contributed by atoms with Crippen LogP contribution in [0.5, 0.6) is 0 Å². The normalized spacial score (nSPS) is 11.8. The Morgan fingerprint density at radius 3 is 2.67 bits per heavy atom. The topological polar surface area (TPSA) is 70.2 Å². The Hall–Kier alpha value is -2.25. The summed E-state index contributed by atoms with van der Waals surface area (Å²) in [6.45, 7) is 4.29. The van der Waals surface area contributed by atoms with Gasteiger partial charge in [-0.25, -0.2) is 4.39 Å². The predicted molar refractivity (Wildman–Crippen MR) is 94.3 cm³/mol. The molecule has 0 saturated heterocycles. The molecule has 1 aromatic heterocycles. The fourth-order valence-corrected chi connectivity index (χ4v) is 3.00. The van der Waals surface area contributed by atoms with E-state index in [0.717, 1.165) is 5.56 Å². The van der Waals surface area contributed by atoms with Gasteiger partial charge in [0.25, 0.3) is 11.8 Å². The van der Waals surface area contributed by atoms with Gasteiger partial charge in [-0.1, -0.05) is 6.07 Å². The van der Waals surface area contributed by atoms with Gasteiger partial charge >= 0.3 is 0 Å². The quantitative estimate of drug-likeness (QED) is 0.751. The summed E-state index contributed by atoms with van der Waals surface area (Å²) in [6, 6.07) is 7.36. The van der Waals surface area contributed by atoms with Crippen LogP contribution in [0.2, 0.25) is 0 Å². The molecule has 0 aliphatic carbocycles. The Balaban J connectivity index is 2.05. The molecule has 3 N–H and O–H groups in total. The number of anilines is 1. The minimum absolute atomic E-state index is 0.168. The lowest BCUT2D eigenvalue weighted by atomic mass is 10.2. The number of rotatable bonds is 6. The molecule has 128 valence electrons. The lowest BCUT2D eigenvalue weighted by Gasteiger charge is -2.10. The molecule has 5 nitrogen and oxygen atoms in total. The first kappa shape index (κ1) is 18.1. The van der Waals surface area contributed by atoms with Gasteiger partial charge in [0.05, 0.1) is 9.88 Å².